The zero-order valence-electron chi connectivity index (χ0n) is 10.5. The molecule has 4 heteroatoms. The monoisotopic (exact) mass is 230 g/mol. The second-order valence-corrected chi connectivity index (χ2v) is 3.85. The van der Waals surface area contributed by atoms with E-state index in [2.05, 4.69) is 6.92 Å². The zero-order chi connectivity index (χ0) is 12.4. The van der Waals surface area contributed by atoms with Crippen LogP contribution in [0.25, 0.3) is 0 Å². The van der Waals surface area contributed by atoms with E-state index in [0.29, 0.717) is 6.42 Å². The fourth-order valence-corrected chi connectivity index (χ4v) is 1.43. The number of hydrogen-bond acceptors (Lipinski definition) is 4. The minimum absolute atomic E-state index is 0.417. The molecular formula is C12H22O4. The standard InChI is InChI=1S/C12H22O4/c1-4-5-6-7-8-9-12(15-10(2)13)16-11(3)14/h12H,4-9H2,1-3H3. The average molecular weight is 230 g/mol. The van der Waals surface area contributed by atoms with Gasteiger partial charge in [0.15, 0.2) is 0 Å². The SMILES string of the molecule is CCCCCCCC(OC(C)=O)OC(C)=O. The summed E-state index contributed by atoms with van der Waals surface area (Å²) in [6.45, 7) is 4.78. The second-order valence-electron chi connectivity index (χ2n) is 3.85. The van der Waals surface area contributed by atoms with Crippen molar-refractivity contribution in [2.45, 2.75) is 65.6 Å². The Bertz CT molecular complexity index is 197. The lowest BCUT2D eigenvalue weighted by molar-refractivity contribution is -0.185. The lowest BCUT2D eigenvalue weighted by atomic mass is 10.1. The number of rotatable bonds is 8. The van der Waals surface area contributed by atoms with Crippen LogP contribution < -0.4 is 0 Å². The minimum Gasteiger partial charge on any atom is -0.425 e. The molecule has 0 bridgehead atoms. The van der Waals surface area contributed by atoms with Gasteiger partial charge in [-0.05, 0) is 6.42 Å². The summed E-state index contributed by atoms with van der Waals surface area (Å²) in [7, 11) is 0. The summed E-state index contributed by atoms with van der Waals surface area (Å²) in [4.78, 5) is 21.5. The van der Waals surface area contributed by atoms with Gasteiger partial charge >= 0.3 is 11.9 Å². The summed E-state index contributed by atoms with van der Waals surface area (Å²) in [6.07, 6.45) is 5.43. The van der Waals surface area contributed by atoms with Gasteiger partial charge in [0, 0.05) is 20.3 Å². The second kappa shape index (κ2) is 9.19. The van der Waals surface area contributed by atoms with Crippen LogP contribution >= 0.6 is 0 Å². The molecule has 0 radical (unpaired) electrons. The third-order valence-corrected chi connectivity index (χ3v) is 2.14. The van der Waals surface area contributed by atoms with E-state index in [4.69, 9.17) is 9.47 Å². The first-order valence-corrected chi connectivity index (χ1v) is 5.90. The van der Waals surface area contributed by atoms with Crippen molar-refractivity contribution in [2.24, 2.45) is 0 Å². The Morgan fingerprint density at radius 1 is 0.938 bits per heavy atom. The van der Waals surface area contributed by atoms with Gasteiger partial charge in [0.2, 0.25) is 6.29 Å². The Morgan fingerprint density at radius 3 is 1.88 bits per heavy atom. The molecule has 0 atom stereocenters. The molecule has 0 aromatic carbocycles. The summed E-state index contributed by atoms with van der Waals surface area (Å²) in [5, 5.41) is 0. The first kappa shape index (κ1) is 14.9. The van der Waals surface area contributed by atoms with Gasteiger partial charge in [0.25, 0.3) is 0 Å². The van der Waals surface area contributed by atoms with E-state index in [1.807, 2.05) is 0 Å². The fourth-order valence-electron chi connectivity index (χ4n) is 1.43. The van der Waals surface area contributed by atoms with Crippen LogP contribution in [0.5, 0.6) is 0 Å². The molecule has 0 aliphatic heterocycles. The van der Waals surface area contributed by atoms with Crippen molar-refractivity contribution >= 4 is 11.9 Å². The maximum atomic E-state index is 10.8. The number of ether oxygens (including phenoxy) is 2. The van der Waals surface area contributed by atoms with E-state index < -0.39 is 18.2 Å². The van der Waals surface area contributed by atoms with Crippen molar-refractivity contribution in [1.29, 1.82) is 0 Å². The normalized spacial score (nSPS) is 10.2. The predicted octanol–water partition coefficient (Wildman–Crippen LogP) is 2.80. The molecule has 0 fully saturated rings. The Balaban J connectivity index is 3.73. The van der Waals surface area contributed by atoms with Gasteiger partial charge in [0.1, 0.15) is 0 Å². The molecule has 0 aliphatic carbocycles. The Morgan fingerprint density at radius 2 is 1.44 bits per heavy atom. The highest BCUT2D eigenvalue weighted by Crippen LogP contribution is 2.11. The van der Waals surface area contributed by atoms with E-state index in [9.17, 15) is 9.59 Å². The highest BCUT2D eigenvalue weighted by atomic mass is 16.7. The highest BCUT2D eigenvalue weighted by molar-refractivity contribution is 5.68. The first-order chi connectivity index (χ1) is 7.56. The van der Waals surface area contributed by atoms with E-state index in [1.54, 1.807) is 0 Å². The molecule has 0 N–H and O–H groups in total. The third-order valence-electron chi connectivity index (χ3n) is 2.14. The molecular weight excluding hydrogens is 208 g/mol. The maximum Gasteiger partial charge on any atom is 0.305 e. The lowest BCUT2D eigenvalue weighted by Gasteiger charge is -2.16. The van der Waals surface area contributed by atoms with Crippen LogP contribution in [0.2, 0.25) is 0 Å². The van der Waals surface area contributed by atoms with Crippen molar-refractivity contribution < 1.29 is 19.1 Å². The number of hydrogen-bond donors (Lipinski definition) is 0. The fraction of sp³-hybridized carbons (Fsp3) is 0.833. The van der Waals surface area contributed by atoms with Crippen molar-refractivity contribution in [1.82, 2.24) is 0 Å². The molecule has 16 heavy (non-hydrogen) atoms. The van der Waals surface area contributed by atoms with Gasteiger partial charge in [-0.15, -0.1) is 0 Å². The third kappa shape index (κ3) is 9.49. The molecule has 0 spiro atoms. The van der Waals surface area contributed by atoms with Gasteiger partial charge in [-0.2, -0.15) is 0 Å². The lowest BCUT2D eigenvalue weighted by Crippen LogP contribution is -2.22. The van der Waals surface area contributed by atoms with Crippen molar-refractivity contribution in [3.8, 4) is 0 Å². The van der Waals surface area contributed by atoms with E-state index in [0.717, 1.165) is 12.8 Å². The van der Waals surface area contributed by atoms with Gasteiger partial charge in [-0.25, -0.2) is 0 Å². The van der Waals surface area contributed by atoms with Crippen LogP contribution in [0.15, 0.2) is 0 Å². The largest absolute Gasteiger partial charge is 0.425 e. The molecule has 0 amide bonds. The Hall–Kier alpha value is -1.06. The highest BCUT2D eigenvalue weighted by Gasteiger charge is 2.14. The Kier molecular flexibility index (Phi) is 8.58. The summed E-state index contributed by atoms with van der Waals surface area (Å²) < 4.78 is 9.77. The van der Waals surface area contributed by atoms with Gasteiger partial charge in [-0.3, -0.25) is 9.59 Å². The number of carbonyl (C=O) groups excluding carboxylic acids is 2. The molecule has 0 saturated carbocycles. The topological polar surface area (TPSA) is 52.6 Å². The molecule has 0 aromatic rings. The van der Waals surface area contributed by atoms with Crippen molar-refractivity contribution in [3.05, 3.63) is 0 Å². The molecule has 4 nitrogen and oxygen atoms in total. The predicted molar refractivity (Wildman–Crippen MR) is 60.7 cm³/mol. The van der Waals surface area contributed by atoms with Gasteiger partial charge < -0.3 is 9.47 Å². The van der Waals surface area contributed by atoms with Crippen LogP contribution in [-0.4, -0.2) is 18.2 Å². The number of esters is 2. The van der Waals surface area contributed by atoms with Gasteiger partial charge in [0.05, 0.1) is 0 Å². The number of unbranched alkanes of at least 4 members (excludes halogenated alkanes) is 4. The van der Waals surface area contributed by atoms with E-state index in [1.165, 1.54) is 33.1 Å². The molecule has 0 aromatic heterocycles. The average Bonchev–Trinajstić information content (AvgIpc) is 2.15. The maximum absolute atomic E-state index is 10.8. The van der Waals surface area contributed by atoms with Crippen LogP contribution in [0, 0.1) is 0 Å². The first-order valence-electron chi connectivity index (χ1n) is 5.90. The summed E-state index contributed by atoms with van der Waals surface area (Å²) in [5.74, 6) is -0.834. The summed E-state index contributed by atoms with van der Waals surface area (Å²) >= 11 is 0. The molecule has 0 rings (SSSR count). The quantitative estimate of drug-likeness (QED) is 0.365. The Labute approximate surface area is 97.3 Å². The van der Waals surface area contributed by atoms with Crippen LogP contribution in [-0.2, 0) is 19.1 Å². The number of carbonyl (C=O) groups is 2. The molecule has 0 saturated heterocycles. The van der Waals surface area contributed by atoms with E-state index >= 15 is 0 Å². The molecule has 94 valence electrons. The van der Waals surface area contributed by atoms with Crippen LogP contribution in [0.3, 0.4) is 0 Å². The zero-order valence-corrected chi connectivity index (χ0v) is 10.5. The van der Waals surface area contributed by atoms with Gasteiger partial charge in [-0.1, -0.05) is 32.6 Å². The van der Waals surface area contributed by atoms with Crippen molar-refractivity contribution in [3.63, 3.8) is 0 Å². The van der Waals surface area contributed by atoms with Crippen LogP contribution in [0.4, 0.5) is 0 Å². The summed E-state index contributed by atoms with van der Waals surface area (Å²) in [5.41, 5.74) is 0. The molecule has 0 heterocycles. The summed E-state index contributed by atoms with van der Waals surface area (Å²) in [6, 6.07) is 0. The molecule has 0 unspecified atom stereocenters. The van der Waals surface area contributed by atoms with E-state index in [-0.39, 0.29) is 0 Å². The minimum atomic E-state index is -0.711. The molecule has 0 aliphatic rings. The smallest absolute Gasteiger partial charge is 0.305 e. The van der Waals surface area contributed by atoms with Crippen LogP contribution in [0.1, 0.15) is 59.3 Å². The van der Waals surface area contributed by atoms with Crippen molar-refractivity contribution in [2.75, 3.05) is 0 Å².